The van der Waals surface area contributed by atoms with Gasteiger partial charge < -0.3 is 10.1 Å². The Balaban J connectivity index is 1.92. The van der Waals surface area contributed by atoms with Crippen molar-refractivity contribution >= 4 is 5.69 Å². The topological polar surface area (TPSA) is 21.3 Å². The fourth-order valence-corrected chi connectivity index (χ4v) is 2.14. The van der Waals surface area contributed by atoms with Crippen molar-refractivity contribution in [2.75, 3.05) is 11.9 Å². The molecule has 0 aliphatic rings. The van der Waals surface area contributed by atoms with E-state index in [2.05, 4.69) is 62.5 Å². The summed E-state index contributed by atoms with van der Waals surface area (Å²) in [6.07, 6.45) is 1.16. The second-order valence-electron chi connectivity index (χ2n) is 5.21. The van der Waals surface area contributed by atoms with E-state index in [1.54, 1.807) is 0 Å². The smallest absolute Gasteiger partial charge is 0.120 e. The summed E-state index contributed by atoms with van der Waals surface area (Å²) in [6.45, 7) is 7.15. The quantitative estimate of drug-likeness (QED) is 0.829. The first-order valence-electron chi connectivity index (χ1n) is 7.21. The molecule has 2 nitrogen and oxygen atoms in total. The van der Waals surface area contributed by atoms with Crippen LogP contribution in [0.5, 0.6) is 5.75 Å². The summed E-state index contributed by atoms with van der Waals surface area (Å²) >= 11 is 0. The van der Waals surface area contributed by atoms with E-state index in [0.717, 1.165) is 24.4 Å². The maximum Gasteiger partial charge on any atom is 0.120 e. The lowest BCUT2D eigenvalue weighted by atomic mass is 10.2. The molecule has 2 heteroatoms. The van der Waals surface area contributed by atoms with Gasteiger partial charge in [-0.3, -0.25) is 0 Å². The van der Waals surface area contributed by atoms with Crippen molar-refractivity contribution in [2.24, 2.45) is 0 Å². The Morgan fingerprint density at radius 3 is 2.35 bits per heavy atom. The fraction of sp³-hybridized carbons (Fsp3) is 0.333. The van der Waals surface area contributed by atoms with Crippen LogP contribution in [-0.2, 0) is 0 Å². The molecular formula is C18H23NO. The van der Waals surface area contributed by atoms with E-state index >= 15 is 0 Å². The van der Waals surface area contributed by atoms with E-state index < -0.39 is 0 Å². The second kappa shape index (κ2) is 6.99. The first-order valence-corrected chi connectivity index (χ1v) is 7.21. The normalized spacial score (nSPS) is 11.9. The maximum atomic E-state index is 6.03. The van der Waals surface area contributed by atoms with Crippen LogP contribution in [0.25, 0.3) is 0 Å². The summed E-state index contributed by atoms with van der Waals surface area (Å²) in [7, 11) is 0. The van der Waals surface area contributed by atoms with Crippen molar-refractivity contribution in [3.05, 3.63) is 59.7 Å². The van der Waals surface area contributed by atoms with Gasteiger partial charge in [0.05, 0.1) is 6.54 Å². The standard InChI is InChI=1S/C18H23NO/c1-4-17(20-18-10-6-8-15(3)12-18)13-19-16-9-5-7-14(2)11-16/h5-12,17,19H,4,13H2,1-3H3. The van der Waals surface area contributed by atoms with E-state index in [-0.39, 0.29) is 6.10 Å². The Labute approximate surface area is 121 Å². The van der Waals surface area contributed by atoms with Crippen molar-refractivity contribution in [2.45, 2.75) is 33.3 Å². The molecule has 1 N–H and O–H groups in total. The number of anilines is 1. The molecule has 0 fully saturated rings. The molecule has 0 saturated heterocycles. The van der Waals surface area contributed by atoms with Gasteiger partial charge >= 0.3 is 0 Å². The van der Waals surface area contributed by atoms with Crippen LogP contribution >= 0.6 is 0 Å². The summed E-state index contributed by atoms with van der Waals surface area (Å²) < 4.78 is 6.03. The van der Waals surface area contributed by atoms with Gasteiger partial charge in [-0.25, -0.2) is 0 Å². The minimum absolute atomic E-state index is 0.178. The molecule has 2 rings (SSSR count). The molecule has 106 valence electrons. The minimum Gasteiger partial charge on any atom is -0.489 e. The number of ether oxygens (including phenoxy) is 1. The molecule has 0 amide bonds. The van der Waals surface area contributed by atoms with Crippen molar-refractivity contribution in [3.63, 3.8) is 0 Å². The third-order valence-corrected chi connectivity index (χ3v) is 3.30. The third-order valence-electron chi connectivity index (χ3n) is 3.30. The van der Waals surface area contributed by atoms with Gasteiger partial charge in [0.2, 0.25) is 0 Å². The van der Waals surface area contributed by atoms with Gasteiger partial charge in [-0.1, -0.05) is 31.2 Å². The largest absolute Gasteiger partial charge is 0.489 e. The second-order valence-corrected chi connectivity index (χ2v) is 5.21. The molecule has 0 heterocycles. The van der Waals surface area contributed by atoms with Crippen LogP contribution in [0.2, 0.25) is 0 Å². The number of rotatable bonds is 6. The molecule has 0 aliphatic heterocycles. The molecule has 0 radical (unpaired) electrons. The van der Waals surface area contributed by atoms with Crippen LogP contribution in [-0.4, -0.2) is 12.6 Å². The van der Waals surface area contributed by atoms with Crippen LogP contribution in [0.1, 0.15) is 24.5 Å². The Bertz CT molecular complexity index is 551. The predicted octanol–water partition coefficient (Wildman–Crippen LogP) is 4.57. The predicted molar refractivity (Wildman–Crippen MR) is 85.6 cm³/mol. The van der Waals surface area contributed by atoms with Gasteiger partial charge in [0.1, 0.15) is 11.9 Å². The van der Waals surface area contributed by atoms with Crippen LogP contribution < -0.4 is 10.1 Å². The lowest BCUT2D eigenvalue weighted by Gasteiger charge is -2.19. The van der Waals surface area contributed by atoms with Crippen molar-refractivity contribution in [1.82, 2.24) is 0 Å². The molecule has 0 saturated carbocycles. The van der Waals surface area contributed by atoms with Crippen LogP contribution in [0.15, 0.2) is 48.5 Å². The Morgan fingerprint density at radius 1 is 1.00 bits per heavy atom. The number of benzene rings is 2. The van der Waals surface area contributed by atoms with Crippen molar-refractivity contribution in [1.29, 1.82) is 0 Å². The molecule has 2 aromatic rings. The Morgan fingerprint density at radius 2 is 1.70 bits per heavy atom. The molecule has 0 bridgehead atoms. The third kappa shape index (κ3) is 4.30. The number of nitrogens with one attached hydrogen (secondary N) is 1. The van der Waals surface area contributed by atoms with Crippen molar-refractivity contribution in [3.8, 4) is 5.75 Å². The zero-order valence-electron chi connectivity index (χ0n) is 12.5. The highest BCUT2D eigenvalue weighted by molar-refractivity contribution is 5.45. The lowest BCUT2D eigenvalue weighted by molar-refractivity contribution is 0.210. The number of aryl methyl sites for hydroxylation is 2. The average molecular weight is 269 g/mol. The summed E-state index contributed by atoms with van der Waals surface area (Å²) in [5.74, 6) is 0.947. The Hall–Kier alpha value is -1.96. The van der Waals surface area contributed by atoms with Gasteiger partial charge in [-0.05, 0) is 55.7 Å². The molecule has 0 aliphatic carbocycles. The summed E-state index contributed by atoms with van der Waals surface area (Å²) in [5.41, 5.74) is 3.64. The molecular weight excluding hydrogens is 246 g/mol. The van der Waals surface area contributed by atoms with Gasteiger partial charge in [0.15, 0.2) is 0 Å². The van der Waals surface area contributed by atoms with Gasteiger partial charge in [0, 0.05) is 5.69 Å². The van der Waals surface area contributed by atoms with E-state index in [4.69, 9.17) is 4.74 Å². The lowest BCUT2D eigenvalue weighted by Crippen LogP contribution is -2.25. The van der Waals surface area contributed by atoms with Gasteiger partial charge in [-0.15, -0.1) is 0 Å². The number of hydrogen-bond acceptors (Lipinski definition) is 2. The molecule has 1 unspecified atom stereocenters. The van der Waals surface area contributed by atoms with Crippen LogP contribution in [0.4, 0.5) is 5.69 Å². The molecule has 0 spiro atoms. The van der Waals surface area contributed by atoms with Crippen molar-refractivity contribution < 1.29 is 4.74 Å². The van der Waals surface area contributed by atoms with E-state index in [0.29, 0.717) is 0 Å². The van der Waals surface area contributed by atoms with E-state index in [9.17, 15) is 0 Å². The minimum atomic E-state index is 0.178. The Kier molecular flexibility index (Phi) is 5.05. The highest BCUT2D eigenvalue weighted by Crippen LogP contribution is 2.16. The number of hydrogen-bond donors (Lipinski definition) is 1. The highest BCUT2D eigenvalue weighted by atomic mass is 16.5. The summed E-state index contributed by atoms with van der Waals surface area (Å²) in [4.78, 5) is 0. The van der Waals surface area contributed by atoms with E-state index in [1.807, 2.05) is 12.1 Å². The molecule has 2 aromatic carbocycles. The zero-order valence-corrected chi connectivity index (χ0v) is 12.5. The van der Waals surface area contributed by atoms with Crippen LogP contribution in [0.3, 0.4) is 0 Å². The molecule has 1 atom stereocenters. The molecule has 0 aromatic heterocycles. The monoisotopic (exact) mass is 269 g/mol. The zero-order chi connectivity index (χ0) is 14.4. The highest BCUT2D eigenvalue weighted by Gasteiger charge is 2.08. The molecule has 20 heavy (non-hydrogen) atoms. The maximum absolute atomic E-state index is 6.03. The fourth-order valence-electron chi connectivity index (χ4n) is 2.14. The van der Waals surface area contributed by atoms with Gasteiger partial charge in [0.25, 0.3) is 0 Å². The first kappa shape index (κ1) is 14.4. The average Bonchev–Trinajstić information content (AvgIpc) is 2.43. The SMILES string of the molecule is CCC(CNc1cccc(C)c1)Oc1cccc(C)c1. The van der Waals surface area contributed by atoms with Gasteiger partial charge in [-0.2, -0.15) is 0 Å². The first-order chi connectivity index (χ1) is 9.67. The summed E-state index contributed by atoms with van der Waals surface area (Å²) in [5, 5.41) is 3.45. The van der Waals surface area contributed by atoms with Crippen LogP contribution in [0, 0.1) is 13.8 Å². The summed E-state index contributed by atoms with van der Waals surface area (Å²) in [6, 6.07) is 16.6. The van der Waals surface area contributed by atoms with E-state index in [1.165, 1.54) is 11.1 Å².